The molecule has 0 saturated carbocycles. The van der Waals surface area contributed by atoms with Gasteiger partial charge in [-0.2, -0.15) is 5.26 Å². The summed E-state index contributed by atoms with van der Waals surface area (Å²) >= 11 is 7.13. The molecule has 0 aliphatic carbocycles. The molecule has 0 atom stereocenters. The Morgan fingerprint density at radius 2 is 1.77 bits per heavy atom. The lowest BCUT2D eigenvalue weighted by molar-refractivity contribution is 0.603. The lowest BCUT2D eigenvalue weighted by atomic mass is 10.2. The van der Waals surface area contributed by atoms with E-state index in [4.69, 9.17) is 11.6 Å². The van der Waals surface area contributed by atoms with Crippen molar-refractivity contribution in [3.63, 3.8) is 0 Å². The van der Waals surface area contributed by atoms with Crippen LogP contribution in [0.15, 0.2) is 93.7 Å². The molecular weight excluding hydrogens is 443 g/mol. The van der Waals surface area contributed by atoms with E-state index in [0.29, 0.717) is 16.3 Å². The van der Waals surface area contributed by atoms with E-state index in [2.05, 4.69) is 5.32 Å². The summed E-state index contributed by atoms with van der Waals surface area (Å²) in [5, 5.41) is 13.3. The Kier molecular flexibility index (Phi) is 7.16. The average Bonchev–Trinajstić information content (AvgIpc) is 2.73. The van der Waals surface area contributed by atoms with Crippen LogP contribution in [-0.2, 0) is 15.6 Å². The maximum Gasteiger partial charge on any atom is 0.219 e. The molecular formula is C22H16ClFN2O2S2. The van der Waals surface area contributed by atoms with Crippen LogP contribution in [0, 0.1) is 17.1 Å². The standard InChI is InChI=1S/C22H16ClFN2O2S2/c23-17-7-5-9-19(13-17)26-22(29-15-16-6-4-8-18(24)12-16)21(14-25)30(27,28)20-10-2-1-3-11-20/h1-13,26H,15H2. The minimum absolute atomic E-state index is 0.0123. The molecule has 0 aliphatic heterocycles. The van der Waals surface area contributed by atoms with Crippen molar-refractivity contribution in [2.45, 2.75) is 10.6 Å². The zero-order valence-corrected chi connectivity index (χ0v) is 17.9. The molecule has 0 unspecified atom stereocenters. The highest BCUT2D eigenvalue weighted by Gasteiger charge is 2.25. The van der Waals surface area contributed by atoms with Crippen LogP contribution in [0.25, 0.3) is 0 Å². The normalized spacial score (nSPS) is 12.0. The Labute approximate surface area is 183 Å². The number of thioether (sulfide) groups is 1. The summed E-state index contributed by atoms with van der Waals surface area (Å²) in [4.78, 5) is -0.409. The van der Waals surface area contributed by atoms with Crippen molar-refractivity contribution in [3.8, 4) is 6.07 Å². The van der Waals surface area contributed by atoms with Crippen molar-refractivity contribution in [2.24, 2.45) is 0 Å². The Hall–Kier alpha value is -2.79. The number of nitrogens with zero attached hydrogens (tertiary/aromatic N) is 1. The van der Waals surface area contributed by atoms with Gasteiger partial charge in [-0.15, -0.1) is 11.8 Å². The fourth-order valence-electron chi connectivity index (χ4n) is 2.59. The van der Waals surface area contributed by atoms with Gasteiger partial charge in [0.2, 0.25) is 9.84 Å². The van der Waals surface area contributed by atoms with E-state index < -0.39 is 14.7 Å². The van der Waals surface area contributed by atoms with Crippen LogP contribution in [0.1, 0.15) is 5.56 Å². The van der Waals surface area contributed by atoms with Crippen LogP contribution >= 0.6 is 23.4 Å². The van der Waals surface area contributed by atoms with Crippen molar-refractivity contribution in [3.05, 3.63) is 105 Å². The van der Waals surface area contributed by atoms with Gasteiger partial charge < -0.3 is 5.32 Å². The van der Waals surface area contributed by atoms with Crippen molar-refractivity contribution in [1.29, 1.82) is 5.26 Å². The fraction of sp³-hybridized carbons (Fsp3) is 0.0455. The molecule has 152 valence electrons. The van der Waals surface area contributed by atoms with E-state index in [1.54, 1.807) is 54.6 Å². The predicted molar refractivity (Wildman–Crippen MR) is 119 cm³/mol. The summed E-state index contributed by atoms with van der Waals surface area (Å²) in [5.41, 5.74) is 1.18. The minimum atomic E-state index is -4.07. The van der Waals surface area contributed by atoms with E-state index in [0.717, 1.165) is 11.8 Å². The summed E-state index contributed by atoms with van der Waals surface area (Å²) < 4.78 is 39.7. The third kappa shape index (κ3) is 5.42. The fourth-order valence-corrected chi connectivity index (χ4v) is 5.31. The Morgan fingerprint density at radius 1 is 1.03 bits per heavy atom. The molecule has 0 spiro atoms. The highest BCUT2D eigenvalue weighted by Crippen LogP contribution is 2.32. The molecule has 3 aromatic carbocycles. The maximum atomic E-state index is 13.5. The number of allylic oxidation sites excluding steroid dienone is 1. The molecule has 0 heterocycles. The first kappa shape index (κ1) is 21.9. The smallest absolute Gasteiger partial charge is 0.219 e. The Morgan fingerprint density at radius 3 is 2.43 bits per heavy atom. The zero-order chi connectivity index (χ0) is 21.6. The number of nitriles is 1. The first-order valence-corrected chi connectivity index (χ1v) is 11.6. The molecule has 3 rings (SSSR count). The average molecular weight is 459 g/mol. The van der Waals surface area contributed by atoms with Gasteiger partial charge in [-0.3, -0.25) is 0 Å². The van der Waals surface area contributed by atoms with E-state index >= 15 is 0 Å². The van der Waals surface area contributed by atoms with Gasteiger partial charge >= 0.3 is 0 Å². The van der Waals surface area contributed by atoms with E-state index in [1.165, 1.54) is 24.3 Å². The topological polar surface area (TPSA) is 70.0 Å². The molecule has 0 amide bonds. The van der Waals surface area contributed by atoms with Crippen LogP contribution in [0.3, 0.4) is 0 Å². The van der Waals surface area contributed by atoms with Crippen LogP contribution in [0.2, 0.25) is 5.02 Å². The third-order valence-corrected chi connectivity index (χ3v) is 7.15. The number of hydrogen-bond donors (Lipinski definition) is 1. The van der Waals surface area contributed by atoms with Crippen LogP contribution < -0.4 is 5.32 Å². The summed E-state index contributed by atoms with van der Waals surface area (Å²) in [6.07, 6.45) is 0. The van der Waals surface area contributed by atoms with E-state index in [-0.39, 0.29) is 21.5 Å². The van der Waals surface area contributed by atoms with Gasteiger partial charge in [0.1, 0.15) is 16.9 Å². The molecule has 3 aromatic rings. The van der Waals surface area contributed by atoms with Gasteiger partial charge in [0.05, 0.1) is 4.90 Å². The van der Waals surface area contributed by atoms with Crippen molar-refractivity contribution < 1.29 is 12.8 Å². The quantitative estimate of drug-likeness (QED) is 0.440. The number of anilines is 1. The number of halogens is 2. The minimum Gasteiger partial charge on any atom is -0.348 e. The van der Waals surface area contributed by atoms with Gasteiger partial charge in [-0.1, -0.05) is 48.0 Å². The second kappa shape index (κ2) is 9.81. The monoisotopic (exact) mass is 458 g/mol. The molecule has 8 heteroatoms. The summed E-state index contributed by atoms with van der Waals surface area (Å²) in [5.74, 6) is -0.130. The molecule has 0 aromatic heterocycles. The second-order valence-corrected chi connectivity index (χ2v) is 9.45. The number of rotatable bonds is 7. The van der Waals surface area contributed by atoms with Crippen LogP contribution in [-0.4, -0.2) is 8.42 Å². The molecule has 0 aliphatic rings. The molecule has 4 nitrogen and oxygen atoms in total. The summed E-state index contributed by atoms with van der Waals surface area (Å²) in [6.45, 7) is 0. The SMILES string of the molecule is N#CC(=C(Nc1cccc(Cl)c1)SCc1cccc(F)c1)S(=O)(=O)c1ccccc1. The maximum absolute atomic E-state index is 13.5. The highest BCUT2D eigenvalue weighted by atomic mass is 35.5. The molecule has 0 saturated heterocycles. The largest absolute Gasteiger partial charge is 0.348 e. The predicted octanol–water partition coefficient (Wildman–Crippen LogP) is 5.99. The van der Waals surface area contributed by atoms with Gasteiger partial charge in [0.15, 0.2) is 4.91 Å². The molecule has 30 heavy (non-hydrogen) atoms. The first-order valence-electron chi connectivity index (χ1n) is 8.74. The van der Waals surface area contributed by atoms with Crippen molar-refractivity contribution >= 4 is 38.9 Å². The third-order valence-electron chi connectivity index (χ3n) is 3.98. The number of hydrogen-bond acceptors (Lipinski definition) is 5. The van der Waals surface area contributed by atoms with Crippen molar-refractivity contribution in [2.75, 3.05) is 5.32 Å². The molecule has 0 fully saturated rings. The Balaban J connectivity index is 2.04. The van der Waals surface area contributed by atoms with Crippen LogP contribution in [0.5, 0.6) is 0 Å². The molecule has 0 bridgehead atoms. The van der Waals surface area contributed by atoms with E-state index in [1.807, 2.05) is 6.07 Å². The van der Waals surface area contributed by atoms with Gasteiger partial charge in [0.25, 0.3) is 0 Å². The lowest BCUT2D eigenvalue weighted by Crippen LogP contribution is -2.10. The number of sulfone groups is 1. The number of nitrogens with one attached hydrogen (secondary N) is 1. The molecule has 0 radical (unpaired) electrons. The first-order chi connectivity index (χ1) is 14.4. The Bertz CT molecular complexity index is 1220. The van der Waals surface area contributed by atoms with E-state index in [9.17, 15) is 18.1 Å². The zero-order valence-electron chi connectivity index (χ0n) is 15.5. The molecule has 1 N–H and O–H groups in total. The lowest BCUT2D eigenvalue weighted by Gasteiger charge is -2.14. The summed E-state index contributed by atoms with van der Waals surface area (Å²) in [7, 11) is -4.07. The van der Waals surface area contributed by atoms with Gasteiger partial charge in [-0.25, -0.2) is 12.8 Å². The van der Waals surface area contributed by atoms with Crippen LogP contribution in [0.4, 0.5) is 10.1 Å². The highest BCUT2D eigenvalue weighted by molar-refractivity contribution is 8.04. The van der Waals surface area contributed by atoms with Gasteiger partial charge in [0, 0.05) is 16.5 Å². The summed E-state index contributed by atoms with van der Waals surface area (Å²) in [6, 6.07) is 22.3. The number of benzene rings is 3. The van der Waals surface area contributed by atoms with Crippen molar-refractivity contribution in [1.82, 2.24) is 0 Å². The van der Waals surface area contributed by atoms with Gasteiger partial charge in [-0.05, 0) is 48.0 Å². The second-order valence-electron chi connectivity index (χ2n) is 6.14.